The van der Waals surface area contributed by atoms with Gasteiger partial charge in [0.05, 0.1) is 5.56 Å². The highest BCUT2D eigenvalue weighted by molar-refractivity contribution is 6.30. The molecule has 4 aliphatic carbocycles. The number of hydrogen-bond donors (Lipinski definition) is 2. The average molecular weight is 391 g/mol. The molecular weight excluding hydrogens is 368 g/mol. The van der Waals surface area contributed by atoms with Gasteiger partial charge < -0.3 is 10.1 Å². The van der Waals surface area contributed by atoms with Crippen LogP contribution in [0.3, 0.4) is 0 Å². The van der Waals surface area contributed by atoms with Crippen molar-refractivity contribution in [3.8, 4) is 0 Å². The average Bonchev–Trinajstić information content (AvgIpc) is 2.57. The standard InChI is InChI=1S/C20H23ClN2O4/c21-16-3-1-2-15(7-16)18(25)27-11-17(24)22-19(26)23-20-8-12-4-13(9-20)6-14(5-12)10-20/h1-3,7,12-14H,4-6,8-11H2,(H2,22,23,24,26). The molecule has 5 rings (SSSR count). The predicted molar refractivity (Wildman–Crippen MR) is 99.3 cm³/mol. The maximum Gasteiger partial charge on any atom is 0.338 e. The fourth-order valence-corrected chi connectivity index (χ4v) is 5.72. The zero-order valence-corrected chi connectivity index (χ0v) is 15.8. The highest BCUT2D eigenvalue weighted by Gasteiger charge is 2.51. The van der Waals surface area contributed by atoms with Gasteiger partial charge in [-0.15, -0.1) is 0 Å². The number of amides is 3. The Hall–Kier alpha value is -2.08. The Labute approximate surface area is 163 Å². The number of halogens is 1. The van der Waals surface area contributed by atoms with Gasteiger partial charge in [0.25, 0.3) is 5.91 Å². The molecule has 144 valence electrons. The number of hydrogen-bond acceptors (Lipinski definition) is 4. The second kappa shape index (κ2) is 7.15. The summed E-state index contributed by atoms with van der Waals surface area (Å²) < 4.78 is 4.95. The molecule has 4 fully saturated rings. The summed E-state index contributed by atoms with van der Waals surface area (Å²) in [6.07, 6.45) is 6.85. The van der Waals surface area contributed by atoms with E-state index < -0.39 is 24.5 Å². The third-order valence-electron chi connectivity index (χ3n) is 6.06. The first kappa shape index (κ1) is 18.3. The number of nitrogens with one attached hydrogen (secondary N) is 2. The molecule has 2 N–H and O–H groups in total. The molecule has 7 heteroatoms. The maximum atomic E-state index is 12.3. The Balaban J connectivity index is 1.26. The second-order valence-corrected chi connectivity index (χ2v) is 8.72. The molecule has 27 heavy (non-hydrogen) atoms. The topological polar surface area (TPSA) is 84.5 Å². The minimum absolute atomic E-state index is 0.170. The second-order valence-electron chi connectivity index (χ2n) is 8.29. The van der Waals surface area contributed by atoms with Crippen LogP contribution in [-0.2, 0) is 9.53 Å². The maximum absolute atomic E-state index is 12.3. The van der Waals surface area contributed by atoms with Crippen LogP contribution in [0.1, 0.15) is 48.9 Å². The van der Waals surface area contributed by atoms with Gasteiger partial charge in [-0.1, -0.05) is 17.7 Å². The van der Waals surface area contributed by atoms with Gasteiger partial charge >= 0.3 is 12.0 Å². The number of rotatable bonds is 4. The lowest BCUT2D eigenvalue weighted by Crippen LogP contribution is -2.62. The third-order valence-corrected chi connectivity index (χ3v) is 6.30. The van der Waals surface area contributed by atoms with Crippen LogP contribution in [0.4, 0.5) is 4.79 Å². The Kier molecular flexibility index (Phi) is 4.84. The van der Waals surface area contributed by atoms with Crippen molar-refractivity contribution >= 4 is 29.5 Å². The summed E-state index contributed by atoms with van der Waals surface area (Å²) in [6, 6.07) is 5.77. The van der Waals surface area contributed by atoms with E-state index in [9.17, 15) is 14.4 Å². The van der Waals surface area contributed by atoms with E-state index in [1.54, 1.807) is 18.2 Å². The summed E-state index contributed by atoms with van der Waals surface area (Å²) in [7, 11) is 0. The fourth-order valence-electron chi connectivity index (χ4n) is 5.53. The van der Waals surface area contributed by atoms with Gasteiger partial charge in [-0.2, -0.15) is 0 Å². The van der Waals surface area contributed by atoms with Gasteiger partial charge in [-0.25, -0.2) is 9.59 Å². The van der Waals surface area contributed by atoms with Gasteiger partial charge in [0.15, 0.2) is 6.61 Å². The summed E-state index contributed by atoms with van der Waals surface area (Å²) in [5, 5.41) is 5.74. The van der Waals surface area contributed by atoms with Gasteiger partial charge in [0.1, 0.15) is 0 Å². The zero-order chi connectivity index (χ0) is 19.0. The van der Waals surface area contributed by atoms with E-state index in [0.29, 0.717) is 22.8 Å². The fraction of sp³-hybridized carbons (Fsp3) is 0.550. The van der Waals surface area contributed by atoms with Gasteiger partial charge in [-0.05, 0) is 74.5 Å². The molecule has 0 unspecified atom stereocenters. The molecule has 0 aromatic heterocycles. The molecule has 6 nitrogen and oxygen atoms in total. The highest BCUT2D eigenvalue weighted by atomic mass is 35.5. The Morgan fingerprint density at radius 1 is 1.07 bits per heavy atom. The van der Waals surface area contributed by atoms with Crippen LogP contribution in [0, 0.1) is 17.8 Å². The lowest BCUT2D eigenvalue weighted by atomic mass is 9.53. The molecule has 1 aromatic carbocycles. The first-order valence-electron chi connectivity index (χ1n) is 9.45. The van der Waals surface area contributed by atoms with Crippen molar-refractivity contribution in [2.45, 2.75) is 44.1 Å². The van der Waals surface area contributed by atoms with E-state index >= 15 is 0 Å². The quantitative estimate of drug-likeness (QED) is 0.772. The van der Waals surface area contributed by atoms with Crippen LogP contribution in [0.15, 0.2) is 24.3 Å². The largest absolute Gasteiger partial charge is 0.452 e. The number of urea groups is 1. The van der Waals surface area contributed by atoms with Crippen LogP contribution in [0.25, 0.3) is 0 Å². The normalized spacial score (nSPS) is 30.6. The Bertz CT molecular complexity index is 744. The summed E-state index contributed by atoms with van der Waals surface area (Å²) >= 11 is 5.83. The number of imide groups is 1. The number of carbonyl (C=O) groups excluding carboxylic acids is 3. The first-order valence-corrected chi connectivity index (χ1v) is 9.83. The summed E-state index contributed by atoms with van der Waals surface area (Å²) in [5.74, 6) is 0.796. The molecular formula is C20H23ClN2O4. The molecule has 4 bridgehead atoms. The zero-order valence-electron chi connectivity index (χ0n) is 15.0. The summed E-state index contributed by atoms with van der Waals surface area (Å²) in [6.45, 7) is -0.514. The molecule has 1 aromatic rings. The van der Waals surface area contributed by atoms with Crippen LogP contribution in [-0.4, -0.2) is 30.1 Å². The van der Waals surface area contributed by atoms with E-state index in [4.69, 9.17) is 16.3 Å². The molecule has 0 aliphatic heterocycles. The smallest absolute Gasteiger partial charge is 0.338 e. The molecule has 4 aliphatic rings. The molecule has 4 saturated carbocycles. The first-order chi connectivity index (χ1) is 12.9. The summed E-state index contributed by atoms with van der Waals surface area (Å²) in [5.41, 5.74) is 0.0876. The third kappa shape index (κ3) is 4.10. The predicted octanol–water partition coefficient (Wildman–Crippen LogP) is 3.29. The number of benzene rings is 1. The Morgan fingerprint density at radius 2 is 1.70 bits per heavy atom. The van der Waals surface area contributed by atoms with E-state index in [1.807, 2.05) is 0 Å². The minimum atomic E-state index is -0.658. The Morgan fingerprint density at radius 3 is 2.30 bits per heavy atom. The monoisotopic (exact) mass is 390 g/mol. The van der Waals surface area contributed by atoms with Crippen LogP contribution in [0.5, 0.6) is 0 Å². The molecule has 0 saturated heterocycles. The number of carbonyl (C=O) groups is 3. The summed E-state index contributed by atoms with van der Waals surface area (Å²) in [4.78, 5) is 36.2. The molecule has 3 amide bonds. The van der Waals surface area contributed by atoms with Crippen LogP contribution >= 0.6 is 11.6 Å². The van der Waals surface area contributed by atoms with Gasteiger partial charge in [0, 0.05) is 10.6 Å². The number of ether oxygens (including phenoxy) is 1. The van der Waals surface area contributed by atoms with E-state index in [2.05, 4.69) is 10.6 Å². The van der Waals surface area contributed by atoms with Crippen LogP contribution < -0.4 is 10.6 Å². The van der Waals surface area contributed by atoms with E-state index in [-0.39, 0.29) is 11.1 Å². The highest BCUT2D eigenvalue weighted by Crippen LogP contribution is 2.55. The lowest BCUT2D eigenvalue weighted by Gasteiger charge is -2.56. The SMILES string of the molecule is O=C(COC(=O)c1cccc(Cl)c1)NC(=O)NC12CC3CC(CC(C3)C1)C2. The molecule has 0 atom stereocenters. The lowest BCUT2D eigenvalue weighted by molar-refractivity contribution is -0.123. The van der Waals surface area contributed by atoms with Crippen molar-refractivity contribution in [3.63, 3.8) is 0 Å². The van der Waals surface area contributed by atoms with Gasteiger partial charge in [0.2, 0.25) is 0 Å². The molecule has 0 spiro atoms. The van der Waals surface area contributed by atoms with Crippen molar-refractivity contribution in [1.29, 1.82) is 0 Å². The van der Waals surface area contributed by atoms with Gasteiger partial charge in [-0.3, -0.25) is 10.1 Å². The van der Waals surface area contributed by atoms with Crippen molar-refractivity contribution in [2.24, 2.45) is 17.8 Å². The molecule has 0 radical (unpaired) electrons. The van der Waals surface area contributed by atoms with Crippen molar-refractivity contribution in [2.75, 3.05) is 6.61 Å². The van der Waals surface area contributed by atoms with Crippen molar-refractivity contribution in [3.05, 3.63) is 34.9 Å². The number of esters is 1. The minimum Gasteiger partial charge on any atom is -0.452 e. The van der Waals surface area contributed by atoms with Crippen molar-refractivity contribution in [1.82, 2.24) is 10.6 Å². The van der Waals surface area contributed by atoms with Crippen LogP contribution in [0.2, 0.25) is 5.02 Å². The van der Waals surface area contributed by atoms with E-state index in [0.717, 1.165) is 19.3 Å². The molecule has 0 heterocycles. The van der Waals surface area contributed by atoms with E-state index in [1.165, 1.54) is 25.3 Å². The van der Waals surface area contributed by atoms with Crippen molar-refractivity contribution < 1.29 is 19.1 Å².